The van der Waals surface area contributed by atoms with Gasteiger partial charge >= 0.3 is 0 Å². The smallest absolute Gasteiger partial charge is 0.292 e. The van der Waals surface area contributed by atoms with E-state index in [-0.39, 0.29) is 17.3 Å². The van der Waals surface area contributed by atoms with Crippen molar-refractivity contribution in [2.24, 2.45) is 0 Å². The Bertz CT molecular complexity index is 1020. The van der Waals surface area contributed by atoms with Gasteiger partial charge in [-0.1, -0.05) is 18.2 Å². The molecule has 4 N–H and O–H groups in total. The lowest BCUT2D eigenvalue weighted by Gasteiger charge is -2.34. The Morgan fingerprint density at radius 1 is 1.07 bits per heavy atom. The molecule has 3 rings (SSSR count). The molecular formula is C18H23N7O4S. The maximum atomic E-state index is 12.4. The summed E-state index contributed by atoms with van der Waals surface area (Å²) in [6, 6.07) is 8.39. The second kappa shape index (κ2) is 9.05. The minimum Gasteiger partial charge on any atom is -0.382 e. The van der Waals surface area contributed by atoms with E-state index in [9.17, 15) is 18.0 Å². The van der Waals surface area contributed by atoms with Crippen LogP contribution in [0.1, 0.15) is 27.8 Å². The summed E-state index contributed by atoms with van der Waals surface area (Å²) in [7, 11) is -3.25. The molecule has 0 saturated carbocycles. The molecule has 1 aliphatic heterocycles. The summed E-state index contributed by atoms with van der Waals surface area (Å²) in [6.45, 7) is 3.05. The minimum absolute atomic E-state index is 0.0493. The number of hydrogen-bond acceptors (Lipinski definition) is 8. The molecule has 0 radical (unpaired) electrons. The molecule has 160 valence electrons. The second-order valence-electron chi connectivity index (χ2n) is 6.52. The van der Waals surface area contributed by atoms with Crippen LogP contribution in [0.2, 0.25) is 0 Å². The molecule has 0 spiro atoms. The first kappa shape index (κ1) is 21.5. The van der Waals surface area contributed by atoms with Gasteiger partial charge < -0.3 is 10.6 Å². The molecule has 1 saturated heterocycles. The number of rotatable bonds is 5. The van der Waals surface area contributed by atoms with Crippen LogP contribution in [0.4, 0.5) is 11.6 Å². The van der Waals surface area contributed by atoms with Gasteiger partial charge in [-0.05, 0) is 19.1 Å². The highest BCUT2D eigenvalue weighted by atomic mass is 32.2. The number of hydrogen-bond donors (Lipinski definition) is 3. The predicted octanol–water partition coefficient (Wildman–Crippen LogP) is -0.395. The molecule has 0 aliphatic carbocycles. The molecule has 0 atom stereocenters. The monoisotopic (exact) mass is 433 g/mol. The van der Waals surface area contributed by atoms with Gasteiger partial charge in [-0.2, -0.15) is 4.31 Å². The second-order valence-corrected chi connectivity index (χ2v) is 8.78. The number of aromatic nitrogens is 2. The molecule has 30 heavy (non-hydrogen) atoms. The van der Waals surface area contributed by atoms with Crippen molar-refractivity contribution >= 4 is 33.5 Å². The molecule has 1 fully saturated rings. The summed E-state index contributed by atoms with van der Waals surface area (Å²) in [6.07, 6.45) is 1.43. The van der Waals surface area contributed by atoms with E-state index < -0.39 is 21.8 Å². The van der Waals surface area contributed by atoms with Crippen LogP contribution in [0.3, 0.4) is 0 Å². The largest absolute Gasteiger partial charge is 0.382 e. The molecule has 2 amide bonds. The van der Waals surface area contributed by atoms with E-state index in [2.05, 4.69) is 20.8 Å². The highest BCUT2D eigenvalue weighted by molar-refractivity contribution is 7.89. The molecule has 0 unspecified atom stereocenters. The zero-order chi connectivity index (χ0) is 21.7. The van der Waals surface area contributed by atoms with Crippen LogP contribution in [0.25, 0.3) is 0 Å². The minimum atomic E-state index is -3.25. The number of carbonyl (C=O) groups excluding carboxylic acids is 2. The van der Waals surface area contributed by atoms with Crippen LogP contribution in [0, 0.1) is 0 Å². The van der Waals surface area contributed by atoms with Crippen molar-refractivity contribution in [1.82, 2.24) is 25.1 Å². The standard InChI is InChI=1S/C18H23N7O4S/c1-2-30(28,29)25-10-8-24(9-11-25)14-12-20-16(19)15(21-14)18(27)23-22-17(26)13-6-4-3-5-7-13/h3-7,12H,2,8-11H2,1H3,(H2,19,20)(H,22,26)(H,23,27). The average molecular weight is 433 g/mol. The van der Waals surface area contributed by atoms with Gasteiger partial charge in [0.15, 0.2) is 11.5 Å². The summed E-state index contributed by atoms with van der Waals surface area (Å²) in [4.78, 5) is 34.6. The van der Waals surface area contributed by atoms with E-state index in [1.165, 1.54) is 10.5 Å². The van der Waals surface area contributed by atoms with Crippen LogP contribution in [0.15, 0.2) is 36.5 Å². The van der Waals surface area contributed by atoms with E-state index in [4.69, 9.17) is 5.73 Å². The number of anilines is 2. The molecule has 11 nitrogen and oxygen atoms in total. The Hall–Kier alpha value is -3.25. The van der Waals surface area contributed by atoms with E-state index in [0.717, 1.165) is 0 Å². The average Bonchev–Trinajstić information content (AvgIpc) is 2.78. The molecule has 1 aliphatic rings. The fraction of sp³-hybridized carbons (Fsp3) is 0.333. The van der Waals surface area contributed by atoms with Gasteiger partial charge in [0.25, 0.3) is 11.8 Å². The Kier molecular flexibility index (Phi) is 6.47. The Morgan fingerprint density at radius 2 is 1.70 bits per heavy atom. The van der Waals surface area contributed by atoms with Crippen molar-refractivity contribution in [3.8, 4) is 0 Å². The van der Waals surface area contributed by atoms with Crippen molar-refractivity contribution in [2.45, 2.75) is 6.92 Å². The van der Waals surface area contributed by atoms with Crippen molar-refractivity contribution in [3.63, 3.8) is 0 Å². The van der Waals surface area contributed by atoms with Crippen molar-refractivity contribution in [2.75, 3.05) is 42.6 Å². The van der Waals surface area contributed by atoms with E-state index in [1.54, 1.807) is 37.3 Å². The molecule has 0 bridgehead atoms. The van der Waals surface area contributed by atoms with E-state index in [0.29, 0.717) is 37.6 Å². The topological polar surface area (TPSA) is 151 Å². The van der Waals surface area contributed by atoms with Gasteiger partial charge in [0.1, 0.15) is 5.82 Å². The normalized spacial score (nSPS) is 14.9. The SMILES string of the molecule is CCS(=O)(=O)N1CCN(c2cnc(N)c(C(=O)NNC(=O)c3ccccc3)n2)CC1. The number of nitrogens with zero attached hydrogens (tertiary/aromatic N) is 4. The third-order valence-electron chi connectivity index (χ3n) is 4.65. The quantitative estimate of drug-likeness (QED) is 0.539. The number of hydrazine groups is 1. The van der Waals surface area contributed by atoms with Crippen molar-refractivity contribution < 1.29 is 18.0 Å². The van der Waals surface area contributed by atoms with Crippen LogP contribution in [-0.4, -0.2) is 66.4 Å². The zero-order valence-electron chi connectivity index (χ0n) is 16.4. The van der Waals surface area contributed by atoms with Gasteiger partial charge in [-0.15, -0.1) is 0 Å². The van der Waals surface area contributed by atoms with E-state index >= 15 is 0 Å². The molecular weight excluding hydrogens is 410 g/mol. The molecule has 12 heteroatoms. The van der Waals surface area contributed by atoms with Gasteiger partial charge in [0, 0.05) is 31.7 Å². The number of carbonyl (C=O) groups is 2. The summed E-state index contributed by atoms with van der Waals surface area (Å²) in [5.41, 5.74) is 10.6. The summed E-state index contributed by atoms with van der Waals surface area (Å²) in [5, 5.41) is 0. The number of sulfonamides is 1. The summed E-state index contributed by atoms with van der Waals surface area (Å²) < 4.78 is 25.4. The van der Waals surface area contributed by atoms with Crippen LogP contribution in [-0.2, 0) is 10.0 Å². The first-order valence-electron chi connectivity index (χ1n) is 9.33. The van der Waals surface area contributed by atoms with Crippen LogP contribution in [0.5, 0.6) is 0 Å². The van der Waals surface area contributed by atoms with Crippen LogP contribution >= 0.6 is 0 Å². The zero-order valence-corrected chi connectivity index (χ0v) is 17.2. The lowest BCUT2D eigenvalue weighted by molar-refractivity contribution is 0.0844. The van der Waals surface area contributed by atoms with Gasteiger partial charge in [0.05, 0.1) is 11.9 Å². The molecule has 2 aromatic rings. The molecule has 1 aromatic carbocycles. The Labute approximate surface area is 174 Å². The van der Waals surface area contributed by atoms with Gasteiger partial charge in [-0.3, -0.25) is 20.4 Å². The first-order valence-corrected chi connectivity index (χ1v) is 10.9. The Balaban J connectivity index is 1.65. The summed E-state index contributed by atoms with van der Waals surface area (Å²) in [5.74, 6) is -0.832. The number of nitrogens with two attached hydrogens (primary N) is 1. The van der Waals surface area contributed by atoms with Gasteiger partial charge in [0.2, 0.25) is 10.0 Å². The number of nitrogens with one attached hydrogen (secondary N) is 2. The van der Waals surface area contributed by atoms with Gasteiger partial charge in [-0.25, -0.2) is 18.4 Å². The van der Waals surface area contributed by atoms with Crippen LogP contribution < -0.4 is 21.5 Å². The number of nitrogen functional groups attached to an aromatic ring is 1. The van der Waals surface area contributed by atoms with Crippen molar-refractivity contribution in [3.05, 3.63) is 47.8 Å². The molecule has 1 aromatic heterocycles. The van der Waals surface area contributed by atoms with Crippen molar-refractivity contribution in [1.29, 1.82) is 0 Å². The highest BCUT2D eigenvalue weighted by Crippen LogP contribution is 2.17. The predicted molar refractivity (Wildman–Crippen MR) is 111 cm³/mol. The van der Waals surface area contributed by atoms with E-state index in [1.807, 2.05) is 4.90 Å². The summed E-state index contributed by atoms with van der Waals surface area (Å²) >= 11 is 0. The highest BCUT2D eigenvalue weighted by Gasteiger charge is 2.27. The number of piperazine rings is 1. The third kappa shape index (κ3) is 4.83. The number of amides is 2. The lowest BCUT2D eigenvalue weighted by Crippen LogP contribution is -2.49. The lowest BCUT2D eigenvalue weighted by atomic mass is 10.2. The maximum Gasteiger partial charge on any atom is 0.292 e. The Morgan fingerprint density at radius 3 is 2.33 bits per heavy atom. The molecule has 2 heterocycles. The third-order valence-corrected chi connectivity index (χ3v) is 6.53. The fourth-order valence-corrected chi connectivity index (χ4v) is 4.01. The maximum absolute atomic E-state index is 12.4. The fourth-order valence-electron chi connectivity index (χ4n) is 2.92. The first-order chi connectivity index (χ1) is 14.3. The number of benzene rings is 1.